The van der Waals surface area contributed by atoms with Crippen molar-refractivity contribution in [1.82, 2.24) is 4.90 Å². The molecule has 0 atom stereocenters. The van der Waals surface area contributed by atoms with Gasteiger partial charge in [-0.05, 0) is 26.0 Å². The summed E-state index contributed by atoms with van der Waals surface area (Å²) in [6.07, 6.45) is 2.10. The quantitative estimate of drug-likeness (QED) is 0.867. The van der Waals surface area contributed by atoms with Crippen LogP contribution in [0.25, 0.3) is 0 Å². The summed E-state index contributed by atoms with van der Waals surface area (Å²) < 4.78 is 11.5. The second-order valence-corrected chi connectivity index (χ2v) is 6.15. The third-order valence-electron chi connectivity index (χ3n) is 4.43. The first-order chi connectivity index (χ1) is 10.0. The highest BCUT2D eigenvalue weighted by atomic mass is 16.5. The summed E-state index contributed by atoms with van der Waals surface area (Å²) in [6.45, 7) is 1.78. The third kappa shape index (κ3) is 2.70. The molecule has 5 nitrogen and oxygen atoms in total. The molecule has 3 rings (SSSR count). The Morgan fingerprint density at radius 2 is 2.14 bits per heavy atom. The summed E-state index contributed by atoms with van der Waals surface area (Å²) in [6, 6.07) is 5.77. The highest BCUT2D eigenvalue weighted by molar-refractivity contribution is 5.71. The van der Waals surface area contributed by atoms with Gasteiger partial charge in [0.25, 0.3) is 0 Å². The Bertz CT molecular complexity index is 547. The van der Waals surface area contributed by atoms with Gasteiger partial charge < -0.3 is 14.6 Å². The maximum atomic E-state index is 11.1. The lowest BCUT2D eigenvalue weighted by atomic mass is 9.91. The van der Waals surface area contributed by atoms with Crippen molar-refractivity contribution in [3.8, 4) is 11.5 Å². The second kappa shape index (κ2) is 5.22. The van der Waals surface area contributed by atoms with E-state index in [1.807, 2.05) is 18.2 Å². The van der Waals surface area contributed by atoms with Crippen molar-refractivity contribution in [2.45, 2.75) is 30.8 Å². The number of carboxylic acid groups (broad SMARTS) is 1. The zero-order valence-corrected chi connectivity index (χ0v) is 12.5. The van der Waals surface area contributed by atoms with E-state index >= 15 is 0 Å². The van der Waals surface area contributed by atoms with Crippen LogP contribution in [0.5, 0.6) is 11.5 Å². The number of methoxy groups -OCH3 is 1. The Morgan fingerprint density at radius 1 is 1.43 bits per heavy atom. The van der Waals surface area contributed by atoms with Gasteiger partial charge in [-0.3, -0.25) is 9.69 Å². The van der Waals surface area contributed by atoms with Crippen molar-refractivity contribution in [3.63, 3.8) is 0 Å². The van der Waals surface area contributed by atoms with E-state index in [4.69, 9.17) is 14.6 Å². The standard InChI is InChI=1S/C16H21NO4/c1-17-9-11(10-17)21-15-12(4-3-5-13(15)20-2)16(6-7-16)8-14(18)19/h3-5,11H,6-10H2,1-2H3,(H,18,19). The van der Waals surface area contributed by atoms with Crippen LogP contribution in [0.2, 0.25) is 0 Å². The monoisotopic (exact) mass is 291 g/mol. The van der Waals surface area contributed by atoms with E-state index in [0.717, 1.165) is 37.2 Å². The lowest BCUT2D eigenvalue weighted by molar-refractivity contribution is -0.137. The molecule has 1 saturated heterocycles. The molecule has 1 aromatic rings. The summed E-state index contributed by atoms with van der Waals surface area (Å²) in [5, 5.41) is 9.16. The van der Waals surface area contributed by atoms with Gasteiger partial charge in [-0.2, -0.15) is 0 Å². The predicted molar refractivity (Wildman–Crippen MR) is 78.1 cm³/mol. The lowest BCUT2D eigenvalue weighted by Gasteiger charge is -2.37. The van der Waals surface area contributed by atoms with Crippen LogP contribution in [0.15, 0.2) is 18.2 Å². The minimum atomic E-state index is -0.760. The van der Waals surface area contributed by atoms with Crippen molar-refractivity contribution in [2.75, 3.05) is 27.2 Å². The second-order valence-electron chi connectivity index (χ2n) is 6.15. The number of para-hydroxylation sites is 1. The number of carboxylic acids is 1. The molecule has 1 aromatic carbocycles. The Morgan fingerprint density at radius 3 is 2.67 bits per heavy atom. The zero-order valence-electron chi connectivity index (χ0n) is 12.5. The van der Waals surface area contributed by atoms with Gasteiger partial charge in [-0.15, -0.1) is 0 Å². The zero-order chi connectivity index (χ0) is 15.0. The minimum absolute atomic E-state index is 0.154. The molecule has 2 aliphatic rings. The fourth-order valence-electron chi connectivity index (χ4n) is 3.08. The van der Waals surface area contributed by atoms with Gasteiger partial charge in [-0.25, -0.2) is 0 Å². The van der Waals surface area contributed by atoms with Gasteiger partial charge in [-0.1, -0.05) is 12.1 Å². The number of benzene rings is 1. The molecule has 2 fully saturated rings. The normalized spacial score (nSPS) is 20.7. The van der Waals surface area contributed by atoms with E-state index in [0.29, 0.717) is 5.75 Å². The summed E-state index contributed by atoms with van der Waals surface area (Å²) in [5.74, 6) is 0.667. The van der Waals surface area contributed by atoms with Gasteiger partial charge in [0.1, 0.15) is 6.10 Å². The molecular formula is C16H21NO4. The number of likely N-dealkylation sites (N-methyl/N-ethyl adjacent to an activating group) is 1. The molecule has 1 saturated carbocycles. The lowest BCUT2D eigenvalue weighted by Crippen LogP contribution is -2.51. The summed E-state index contributed by atoms with van der Waals surface area (Å²) in [5.41, 5.74) is 0.713. The summed E-state index contributed by atoms with van der Waals surface area (Å²) in [4.78, 5) is 13.3. The van der Waals surface area contributed by atoms with Crippen LogP contribution in [0.4, 0.5) is 0 Å². The highest BCUT2D eigenvalue weighted by Crippen LogP contribution is 2.55. The molecule has 0 spiro atoms. The van der Waals surface area contributed by atoms with E-state index in [2.05, 4.69) is 11.9 Å². The summed E-state index contributed by atoms with van der Waals surface area (Å²) >= 11 is 0. The average molecular weight is 291 g/mol. The fourth-order valence-corrected chi connectivity index (χ4v) is 3.08. The van der Waals surface area contributed by atoms with E-state index in [9.17, 15) is 4.79 Å². The van der Waals surface area contributed by atoms with Crippen LogP contribution >= 0.6 is 0 Å². The Kier molecular flexibility index (Phi) is 3.53. The number of aliphatic carboxylic acids is 1. The SMILES string of the molecule is COc1cccc(C2(CC(=O)O)CC2)c1OC1CN(C)C1. The molecule has 5 heteroatoms. The van der Waals surface area contributed by atoms with Crippen molar-refractivity contribution in [2.24, 2.45) is 0 Å². The average Bonchev–Trinajstić information content (AvgIpc) is 3.16. The van der Waals surface area contributed by atoms with Crippen LogP contribution < -0.4 is 9.47 Å². The van der Waals surface area contributed by atoms with Crippen LogP contribution in [0, 0.1) is 0 Å². The number of ether oxygens (including phenoxy) is 2. The third-order valence-corrected chi connectivity index (χ3v) is 4.43. The fraction of sp³-hybridized carbons (Fsp3) is 0.562. The molecule has 1 heterocycles. The molecule has 1 aliphatic heterocycles. The molecule has 0 unspecified atom stereocenters. The molecule has 114 valence electrons. The number of hydrogen-bond donors (Lipinski definition) is 1. The van der Waals surface area contributed by atoms with Crippen LogP contribution in [-0.4, -0.2) is 49.3 Å². The predicted octanol–water partition coefficient (Wildman–Crippen LogP) is 1.89. The maximum absolute atomic E-state index is 11.1. The van der Waals surface area contributed by atoms with Crippen molar-refractivity contribution >= 4 is 5.97 Å². The van der Waals surface area contributed by atoms with E-state index < -0.39 is 5.97 Å². The number of nitrogens with zero attached hydrogens (tertiary/aromatic N) is 1. The first-order valence-electron chi connectivity index (χ1n) is 7.28. The van der Waals surface area contributed by atoms with Gasteiger partial charge in [0, 0.05) is 24.1 Å². The van der Waals surface area contributed by atoms with Crippen molar-refractivity contribution < 1.29 is 19.4 Å². The molecule has 0 radical (unpaired) electrons. The highest BCUT2D eigenvalue weighted by Gasteiger charge is 2.48. The Balaban J connectivity index is 1.90. The number of hydrogen-bond acceptors (Lipinski definition) is 4. The van der Waals surface area contributed by atoms with Crippen molar-refractivity contribution in [1.29, 1.82) is 0 Å². The van der Waals surface area contributed by atoms with Gasteiger partial charge >= 0.3 is 5.97 Å². The largest absolute Gasteiger partial charge is 0.493 e. The van der Waals surface area contributed by atoms with E-state index in [-0.39, 0.29) is 17.9 Å². The summed E-state index contributed by atoms with van der Waals surface area (Å²) in [7, 11) is 3.67. The van der Waals surface area contributed by atoms with Gasteiger partial charge in [0.05, 0.1) is 13.5 Å². The molecular weight excluding hydrogens is 270 g/mol. The Hall–Kier alpha value is -1.75. The van der Waals surface area contributed by atoms with E-state index in [1.54, 1.807) is 7.11 Å². The number of likely N-dealkylation sites (tertiary alicyclic amines) is 1. The van der Waals surface area contributed by atoms with Gasteiger partial charge in [0.2, 0.25) is 0 Å². The van der Waals surface area contributed by atoms with E-state index in [1.165, 1.54) is 0 Å². The molecule has 0 aromatic heterocycles. The number of carbonyl (C=O) groups is 1. The molecule has 0 amide bonds. The Labute approximate surface area is 124 Å². The molecule has 21 heavy (non-hydrogen) atoms. The van der Waals surface area contributed by atoms with Gasteiger partial charge in [0.15, 0.2) is 11.5 Å². The minimum Gasteiger partial charge on any atom is -0.493 e. The molecule has 0 bridgehead atoms. The van der Waals surface area contributed by atoms with Crippen LogP contribution in [-0.2, 0) is 10.2 Å². The first kappa shape index (κ1) is 14.2. The topological polar surface area (TPSA) is 59.0 Å². The molecule has 1 aliphatic carbocycles. The van der Waals surface area contributed by atoms with Crippen LogP contribution in [0.1, 0.15) is 24.8 Å². The maximum Gasteiger partial charge on any atom is 0.304 e. The smallest absolute Gasteiger partial charge is 0.304 e. The molecule has 1 N–H and O–H groups in total. The van der Waals surface area contributed by atoms with Crippen LogP contribution in [0.3, 0.4) is 0 Å². The van der Waals surface area contributed by atoms with Crippen molar-refractivity contribution in [3.05, 3.63) is 23.8 Å². The number of rotatable bonds is 6. The first-order valence-corrected chi connectivity index (χ1v) is 7.28.